The normalized spacial score (nSPS) is 13.4. The van der Waals surface area contributed by atoms with Crippen molar-refractivity contribution in [3.63, 3.8) is 0 Å². The largest absolute Gasteiger partial charge is 0.479 e. The van der Waals surface area contributed by atoms with Crippen LogP contribution < -0.4 is 9.62 Å². The molecule has 0 aliphatic carbocycles. The predicted molar refractivity (Wildman–Crippen MR) is 137 cm³/mol. The van der Waals surface area contributed by atoms with Gasteiger partial charge in [0, 0.05) is 37.1 Å². The van der Waals surface area contributed by atoms with Gasteiger partial charge in [-0.15, -0.1) is 0 Å². The first-order chi connectivity index (χ1) is 16.6. The van der Waals surface area contributed by atoms with Gasteiger partial charge in [-0.3, -0.25) is 0 Å². The third kappa shape index (κ3) is 9.70. The molecule has 11 nitrogen and oxygen atoms in total. The van der Waals surface area contributed by atoms with E-state index in [4.69, 9.17) is 20.4 Å². The van der Waals surface area contributed by atoms with Gasteiger partial charge in [-0.2, -0.15) is 0 Å². The summed E-state index contributed by atoms with van der Waals surface area (Å²) in [7, 11) is 6.92. The quantitative estimate of drug-likeness (QED) is 0.199. The molecule has 0 saturated carbocycles. The second-order valence-corrected chi connectivity index (χ2v) is 11.3. The molecule has 2 aromatic carbocycles. The number of anilines is 1. The molecule has 0 unspecified atom stereocenters. The number of rotatable bonds is 12. The highest BCUT2D eigenvalue weighted by Gasteiger charge is 2.29. The second kappa shape index (κ2) is 13.5. The van der Waals surface area contributed by atoms with Crippen molar-refractivity contribution < 1.29 is 42.9 Å². The standard InChI is InChI=1S/C20H32N3O2S.C4H6O6/c1-22(2)19-13-9-12-18-17(19)11-10-14-20(18)26(24,25)21-15-7-6-8-16-23(3,4)5;5-1(3(7)8)2(6)4(9)10/h9-14,21H,6-8,15-16H2,1-5H3;1-2,5-6H,(H,7,8)(H,9,10)/q+1;/t;1-,2-/m.1/s1. The van der Waals surface area contributed by atoms with Crippen molar-refractivity contribution in [3.8, 4) is 0 Å². The fraction of sp³-hybridized carbons (Fsp3) is 0.500. The van der Waals surface area contributed by atoms with E-state index in [9.17, 15) is 18.0 Å². The molecule has 0 fully saturated rings. The summed E-state index contributed by atoms with van der Waals surface area (Å²) in [6.07, 6.45) is -1.55. The van der Waals surface area contributed by atoms with Gasteiger partial charge in [-0.05, 0) is 31.4 Å². The lowest BCUT2D eigenvalue weighted by Gasteiger charge is -2.23. The lowest BCUT2D eigenvalue weighted by Crippen LogP contribution is -2.39. The van der Waals surface area contributed by atoms with Crippen molar-refractivity contribution in [2.24, 2.45) is 0 Å². The number of aliphatic hydroxyl groups is 2. The highest BCUT2D eigenvalue weighted by atomic mass is 32.2. The molecular formula is C24H38N3O8S+. The summed E-state index contributed by atoms with van der Waals surface area (Å²) in [5.74, 6) is -3.54. The molecule has 5 N–H and O–H groups in total. The van der Waals surface area contributed by atoms with Crippen LogP contribution in [0.4, 0.5) is 5.69 Å². The van der Waals surface area contributed by atoms with Gasteiger partial charge in [-0.1, -0.05) is 24.3 Å². The van der Waals surface area contributed by atoms with E-state index >= 15 is 0 Å². The van der Waals surface area contributed by atoms with Crippen LogP contribution >= 0.6 is 0 Å². The van der Waals surface area contributed by atoms with Crippen molar-refractivity contribution in [1.82, 2.24) is 4.72 Å². The van der Waals surface area contributed by atoms with Crippen LogP contribution in [-0.4, -0.2) is 106 Å². The smallest absolute Gasteiger partial charge is 0.335 e. The molecule has 0 amide bonds. The zero-order valence-electron chi connectivity index (χ0n) is 21.4. The number of fused-ring (bicyclic) bond motifs is 1. The zero-order chi connectivity index (χ0) is 27.7. The van der Waals surface area contributed by atoms with Crippen molar-refractivity contribution >= 4 is 38.4 Å². The Morgan fingerprint density at radius 3 is 1.92 bits per heavy atom. The molecule has 0 saturated heterocycles. The van der Waals surface area contributed by atoms with Gasteiger partial charge in [0.05, 0.1) is 32.6 Å². The molecule has 12 heteroatoms. The summed E-state index contributed by atoms with van der Waals surface area (Å²) in [6, 6.07) is 11.2. The minimum absolute atomic E-state index is 0.352. The molecule has 2 atom stereocenters. The number of carbonyl (C=O) groups is 2. The van der Waals surface area contributed by atoms with Crippen molar-refractivity contribution in [2.45, 2.75) is 36.4 Å². The predicted octanol–water partition coefficient (Wildman–Crippen LogP) is 0.938. The summed E-state index contributed by atoms with van der Waals surface area (Å²) in [6.45, 7) is 1.58. The summed E-state index contributed by atoms with van der Waals surface area (Å²) in [4.78, 5) is 21.9. The molecule has 0 spiro atoms. The van der Waals surface area contributed by atoms with Crippen LogP contribution in [0, 0.1) is 0 Å². The zero-order valence-corrected chi connectivity index (χ0v) is 22.2. The number of hydrogen-bond acceptors (Lipinski definition) is 7. The Kier molecular flexibility index (Phi) is 11.7. The third-order valence-corrected chi connectivity index (χ3v) is 6.75. The van der Waals surface area contributed by atoms with E-state index in [1.165, 1.54) is 0 Å². The highest BCUT2D eigenvalue weighted by molar-refractivity contribution is 7.89. The Hall–Kier alpha value is -2.77. The fourth-order valence-electron chi connectivity index (χ4n) is 3.33. The van der Waals surface area contributed by atoms with Crippen LogP contribution in [0.25, 0.3) is 10.8 Å². The van der Waals surface area contributed by atoms with E-state index in [-0.39, 0.29) is 0 Å². The first kappa shape index (κ1) is 31.3. The number of aliphatic hydroxyl groups excluding tert-OH is 2. The summed E-state index contributed by atoms with van der Waals surface area (Å²) in [5, 5.41) is 34.2. The van der Waals surface area contributed by atoms with Crippen molar-refractivity contribution in [1.29, 1.82) is 0 Å². The molecule has 0 aliphatic rings. The van der Waals surface area contributed by atoms with Gasteiger partial charge in [0.15, 0.2) is 12.2 Å². The Morgan fingerprint density at radius 1 is 0.889 bits per heavy atom. The number of carboxylic acid groups (broad SMARTS) is 2. The Bertz CT molecular complexity index is 1110. The first-order valence-corrected chi connectivity index (χ1v) is 12.9. The fourth-order valence-corrected chi connectivity index (χ4v) is 4.62. The number of benzene rings is 2. The average molecular weight is 529 g/mol. The minimum Gasteiger partial charge on any atom is -0.479 e. The van der Waals surface area contributed by atoms with E-state index in [0.29, 0.717) is 11.4 Å². The molecule has 0 aromatic heterocycles. The summed E-state index contributed by atoms with van der Waals surface area (Å²) in [5.41, 5.74) is 1.01. The third-order valence-electron chi connectivity index (χ3n) is 5.23. The molecule has 0 radical (unpaired) electrons. The van der Waals surface area contributed by atoms with Crippen LogP contribution in [-0.2, 0) is 19.6 Å². The topological polar surface area (TPSA) is 164 Å². The molecule has 0 heterocycles. The van der Waals surface area contributed by atoms with Crippen LogP contribution in [0.15, 0.2) is 41.3 Å². The number of aliphatic carboxylic acids is 2. The number of nitrogens with zero attached hydrogens (tertiary/aromatic N) is 2. The maximum Gasteiger partial charge on any atom is 0.335 e. The molecule has 2 aromatic rings. The van der Waals surface area contributed by atoms with Crippen LogP contribution in [0.3, 0.4) is 0 Å². The molecular weight excluding hydrogens is 490 g/mol. The van der Waals surface area contributed by atoms with E-state index in [2.05, 4.69) is 25.9 Å². The van der Waals surface area contributed by atoms with E-state index in [1.54, 1.807) is 6.07 Å². The minimum atomic E-state index is -3.52. The van der Waals surface area contributed by atoms with Gasteiger partial charge in [-0.25, -0.2) is 22.7 Å². The van der Waals surface area contributed by atoms with Gasteiger partial charge >= 0.3 is 11.9 Å². The lowest BCUT2D eigenvalue weighted by atomic mass is 10.1. The lowest BCUT2D eigenvalue weighted by molar-refractivity contribution is -0.870. The van der Waals surface area contributed by atoms with Crippen LogP contribution in [0.1, 0.15) is 19.3 Å². The van der Waals surface area contributed by atoms with Crippen LogP contribution in [0.2, 0.25) is 0 Å². The number of nitrogens with one attached hydrogen (secondary N) is 1. The Balaban J connectivity index is 0.000000548. The number of unbranched alkanes of at least 4 members (excludes halogenated alkanes) is 2. The van der Waals surface area contributed by atoms with Gasteiger partial charge in [0.25, 0.3) is 0 Å². The van der Waals surface area contributed by atoms with E-state index in [0.717, 1.165) is 46.8 Å². The molecule has 36 heavy (non-hydrogen) atoms. The summed E-state index contributed by atoms with van der Waals surface area (Å²) >= 11 is 0. The van der Waals surface area contributed by atoms with E-state index in [1.807, 2.05) is 49.3 Å². The van der Waals surface area contributed by atoms with Gasteiger partial charge < -0.3 is 29.8 Å². The van der Waals surface area contributed by atoms with Crippen LogP contribution in [0.5, 0.6) is 0 Å². The molecule has 0 bridgehead atoms. The molecule has 0 aliphatic heterocycles. The molecule has 2 rings (SSSR count). The Morgan fingerprint density at radius 2 is 1.42 bits per heavy atom. The Labute approximate surface area is 212 Å². The second-order valence-electron chi connectivity index (χ2n) is 9.56. The number of sulfonamides is 1. The maximum absolute atomic E-state index is 12.8. The maximum atomic E-state index is 12.8. The first-order valence-electron chi connectivity index (χ1n) is 11.4. The highest BCUT2D eigenvalue weighted by Crippen LogP contribution is 2.30. The number of carboxylic acids is 2. The molecule has 202 valence electrons. The van der Waals surface area contributed by atoms with Gasteiger partial charge in [0.1, 0.15) is 0 Å². The van der Waals surface area contributed by atoms with E-state index < -0.39 is 34.2 Å². The number of hydrogen-bond donors (Lipinski definition) is 5. The van der Waals surface area contributed by atoms with Crippen molar-refractivity contribution in [2.75, 3.05) is 53.2 Å². The monoisotopic (exact) mass is 528 g/mol. The SMILES string of the molecule is CN(C)c1cccc2c(S(=O)(=O)NCCCCC[N+](C)(C)C)cccc12.O=C(O)[C@H](O)[C@@H](O)C(=O)O. The average Bonchev–Trinajstić information content (AvgIpc) is 2.78. The van der Waals surface area contributed by atoms with Crippen molar-refractivity contribution in [3.05, 3.63) is 36.4 Å². The number of quaternary nitrogens is 1. The van der Waals surface area contributed by atoms with Gasteiger partial charge in [0.2, 0.25) is 10.0 Å². The summed E-state index contributed by atoms with van der Waals surface area (Å²) < 4.78 is 29.3.